The first-order valence-electron chi connectivity index (χ1n) is 6.34. The van der Waals surface area contributed by atoms with E-state index in [1.807, 2.05) is 0 Å². The summed E-state index contributed by atoms with van der Waals surface area (Å²) in [6.45, 7) is -0.183. The van der Waals surface area contributed by atoms with Gasteiger partial charge in [0.05, 0.1) is 6.42 Å². The number of aliphatic carboxylic acids is 1. The lowest BCUT2D eigenvalue weighted by Crippen LogP contribution is -2.43. The molecule has 0 radical (unpaired) electrons. The number of amides is 1. The van der Waals surface area contributed by atoms with Crippen molar-refractivity contribution in [3.63, 3.8) is 0 Å². The third kappa shape index (κ3) is 3.39. The van der Waals surface area contributed by atoms with Crippen molar-refractivity contribution >= 4 is 11.9 Å². The molecule has 0 spiro atoms. The van der Waals surface area contributed by atoms with Crippen LogP contribution in [0.3, 0.4) is 0 Å². The van der Waals surface area contributed by atoms with E-state index in [0.717, 1.165) is 17.7 Å². The zero-order valence-corrected chi connectivity index (χ0v) is 10.4. The van der Waals surface area contributed by atoms with Gasteiger partial charge in [-0.2, -0.15) is 13.2 Å². The standard InChI is InChI=1S/C12H16F3NO3/c13-12(14,15)5-6-16(7-8-1-2-8)9(17)11(3-4-11)10(18)19/h8H,1-7H2,(H,18,19). The lowest BCUT2D eigenvalue weighted by Gasteiger charge is -2.26. The zero-order chi connectivity index (χ0) is 14.3. The minimum Gasteiger partial charge on any atom is -0.480 e. The number of carboxylic acids is 1. The second-order valence-electron chi connectivity index (χ2n) is 5.45. The molecular formula is C12H16F3NO3. The van der Waals surface area contributed by atoms with Crippen LogP contribution >= 0.6 is 0 Å². The largest absolute Gasteiger partial charge is 0.480 e. The molecule has 0 aromatic rings. The number of rotatable bonds is 6. The molecule has 0 atom stereocenters. The highest BCUT2D eigenvalue weighted by atomic mass is 19.4. The number of carboxylic acid groups (broad SMARTS) is 1. The van der Waals surface area contributed by atoms with Crippen LogP contribution in [0.4, 0.5) is 13.2 Å². The number of alkyl halides is 3. The smallest absolute Gasteiger partial charge is 0.390 e. The number of carbonyl (C=O) groups excluding carboxylic acids is 1. The van der Waals surface area contributed by atoms with E-state index in [2.05, 4.69) is 0 Å². The van der Waals surface area contributed by atoms with Crippen molar-refractivity contribution in [1.29, 1.82) is 0 Å². The molecule has 19 heavy (non-hydrogen) atoms. The highest BCUT2D eigenvalue weighted by Crippen LogP contribution is 2.48. The number of halogens is 3. The molecule has 2 rings (SSSR count). The van der Waals surface area contributed by atoms with Crippen molar-refractivity contribution in [3.8, 4) is 0 Å². The van der Waals surface area contributed by atoms with Crippen molar-refractivity contribution in [2.24, 2.45) is 11.3 Å². The molecule has 0 unspecified atom stereocenters. The van der Waals surface area contributed by atoms with Crippen molar-refractivity contribution in [2.75, 3.05) is 13.1 Å². The lowest BCUT2D eigenvalue weighted by molar-refractivity contribution is -0.156. The Morgan fingerprint density at radius 1 is 1.26 bits per heavy atom. The summed E-state index contributed by atoms with van der Waals surface area (Å²) in [5.41, 5.74) is -1.44. The quantitative estimate of drug-likeness (QED) is 0.757. The number of hydrogen-bond acceptors (Lipinski definition) is 2. The minimum atomic E-state index is -4.33. The Hall–Kier alpha value is -1.27. The van der Waals surface area contributed by atoms with Gasteiger partial charge in [-0.3, -0.25) is 9.59 Å². The van der Waals surface area contributed by atoms with Crippen LogP contribution in [0.1, 0.15) is 32.1 Å². The van der Waals surface area contributed by atoms with Gasteiger partial charge in [-0.1, -0.05) is 0 Å². The Balaban J connectivity index is 2.00. The van der Waals surface area contributed by atoms with Gasteiger partial charge in [0, 0.05) is 13.1 Å². The summed E-state index contributed by atoms with van der Waals surface area (Å²) >= 11 is 0. The third-order valence-corrected chi connectivity index (χ3v) is 3.70. The fourth-order valence-corrected chi connectivity index (χ4v) is 2.10. The summed E-state index contributed by atoms with van der Waals surface area (Å²) in [6, 6.07) is 0. The summed E-state index contributed by atoms with van der Waals surface area (Å²) in [4.78, 5) is 24.3. The van der Waals surface area contributed by atoms with Crippen LogP contribution in [-0.2, 0) is 9.59 Å². The number of hydrogen-bond donors (Lipinski definition) is 1. The Kier molecular flexibility index (Phi) is 3.49. The van der Waals surface area contributed by atoms with Crippen LogP contribution in [0.2, 0.25) is 0 Å². The third-order valence-electron chi connectivity index (χ3n) is 3.70. The maximum Gasteiger partial charge on any atom is 0.390 e. The molecule has 0 aromatic heterocycles. The van der Waals surface area contributed by atoms with Gasteiger partial charge in [-0.25, -0.2) is 0 Å². The van der Waals surface area contributed by atoms with Crippen LogP contribution in [0.25, 0.3) is 0 Å². The fraction of sp³-hybridized carbons (Fsp3) is 0.833. The van der Waals surface area contributed by atoms with E-state index in [0.29, 0.717) is 0 Å². The second-order valence-corrected chi connectivity index (χ2v) is 5.45. The molecule has 0 aliphatic heterocycles. The molecule has 0 aromatic carbocycles. The zero-order valence-electron chi connectivity index (χ0n) is 10.4. The van der Waals surface area contributed by atoms with E-state index in [1.54, 1.807) is 0 Å². The predicted octanol–water partition coefficient (Wildman–Crippen LogP) is 2.04. The molecule has 2 aliphatic carbocycles. The van der Waals surface area contributed by atoms with Crippen LogP contribution in [0, 0.1) is 11.3 Å². The summed E-state index contributed by atoms with van der Waals surface area (Å²) in [7, 11) is 0. The highest BCUT2D eigenvalue weighted by molar-refractivity contribution is 6.04. The first kappa shape index (κ1) is 14.1. The summed E-state index contributed by atoms with van der Waals surface area (Å²) in [6.07, 6.45) is -3.16. The molecule has 0 heterocycles. The van der Waals surface area contributed by atoms with Crippen molar-refractivity contribution < 1.29 is 27.9 Å². The van der Waals surface area contributed by atoms with E-state index >= 15 is 0 Å². The van der Waals surface area contributed by atoms with Crippen LogP contribution < -0.4 is 0 Å². The van der Waals surface area contributed by atoms with Crippen LogP contribution in [0.15, 0.2) is 0 Å². The van der Waals surface area contributed by atoms with Gasteiger partial charge >= 0.3 is 12.1 Å². The molecule has 4 nitrogen and oxygen atoms in total. The number of nitrogens with zero attached hydrogens (tertiary/aromatic N) is 1. The van der Waals surface area contributed by atoms with Crippen molar-refractivity contribution in [1.82, 2.24) is 4.90 Å². The maximum atomic E-state index is 12.2. The Labute approximate surface area is 108 Å². The number of carbonyl (C=O) groups is 2. The van der Waals surface area contributed by atoms with Crippen LogP contribution in [-0.4, -0.2) is 41.1 Å². The SMILES string of the molecule is O=C(O)C1(C(=O)N(CCC(F)(F)F)CC2CC2)CC1. The van der Waals surface area contributed by atoms with Crippen molar-refractivity contribution in [2.45, 2.75) is 38.3 Å². The van der Waals surface area contributed by atoms with Gasteiger partial charge in [0.25, 0.3) is 0 Å². The first-order valence-corrected chi connectivity index (χ1v) is 6.34. The van der Waals surface area contributed by atoms with Crippen molar-refractivity contribution in [3.05, 3.63) is 0 Å². The molecule has 0 saturated heterocycles. The van der Waals surface area contributed by atoms with Gasteiger partial charge in [0.2, 0.25) is 5.91 Å². The Morgan fingerprint density at radius 3 is 2.21 bits per heavy atom. The first-order chi connectivity index (χ1) is 8.74. The molecule has 1 amide bonds. The van der Waals surface area contributed by atoms with Gasteiger partial charge in [-0.15, -0.1) is 0 Å². The Morgan fingerprint density at radius 2 is 1.84 bits per heavy atom. The molecular weight excluding hydrogens is 263 g/mol. The minimum absolute atomic E-state index is 0.231. The molecule has 2 fully saturated rings. The van der Waals surface area contributed by atoms with E-state index < -0.39 is 36.4 Å². The molecule has 7 heteroatoms. The average molecular weight is 279 g/mol. The monoisotopic (exact) mass is 279 g/mol. The van der Waals surface area contributed by atoms with E-state index in [9.17, 15) is 22.8 Å². The van der Waals surface area contributed by atoms with Crippen LogP contribution in [0.5, 0.6) is 0 Å². The van der Waals surface area contributed by atoms with Gasteiger partial charge < -0.3 is 10.0 Å². The molecule has 0 bridgehead atoms. The second kappa shape index (κ2) is 4.68. The average Bonchev–Trinajstić information content (AvgIpc) is 3.13. The lowest BCUT2D eigenvalue weighted by atomic mass is 10.1. The predicted molar refractivity (Wildman–Crippen MR) is 59.3 cm³/mol. The van der Waals surface area contributed by atoms with E-state index in [-0.39, 0.29) is 25.3 Å². The van der Waals surface area contributed by atoms with E-state index in [1.165, 1.54) is 0 Å². The molecule has 1 N–H and O–H groups in total. The topological polar surface area (TPSA) is 57.6 Å². The molecule has 2 saturated carbocycles. The fourth-order valence-electron chi connectivity index (χ4n) is 2.10. The highest BCUT2D eigenvalue weighted by Gasteiger charge is 2.58. The van der Waals surface area contributed by atoms with Gasteiger partial charge in [0.1, 0.15) is 5.41 Å². The van der Waals surface area contributed by atoms with Gasteiger partial charge in [0.15, 0.2) is 0 Å². The Bertz CT molecular complexity index is 386. The normalized spacial score (nSPS) is 21.0. The summed E-state index contributed by atoms with van der Waals surface area (Å²) in [5, 5.41) is 9.03. The van der Waals surface area contributed by atoms with E-state index in [4.69, 9.17) is 5.11 Å². The molecule has 108 valence electrons. The molecule has 2 aliphatic rings. The maximum absolute atomic E-state index is 12.2. The van der Waals surface area contributed by atoms with Gasteiger partial charge in [-0.05, 0) is 31.6 Å². The summed E-state index contributed by atoms with van der Waals surface area (Å²) in [5.74, 6) is -1.62. The summed E-state index contributed by atoms with van der Waals surface area (Å²) < 4.78 is 36.7.